The highest BCUT2D eigenvalue weighted by Gasteiger charge is 2.44. The first-order chi connectivity index (χ1) is 15.2. The van der Waals surface area contributed by atoms with Crippen LogP contribution in [-0.2, 0) is 14.8 Å². The Kier molecular flexibility index (Phi) is 6.49. The van der Waals surface area contributed by atoms with Crippen LogP contribution in [0.2, 0.25) is 0 Å². The standard InChI is InChI=1S/C22H26N4O3S3/c1-13(2)32(28,29)26-11-17(16-8-6-5-7-9-16)10-19(26)21(27)25-22-24-18(12-30-22)20-14(3)23-15(4)31-20/h5-9,12-13,17,19H,10-11H2,1-4H3,(H,24,25,27)/t17-,19+/m1/s1. The summed E-state index contributed by atoms with van der Waals surface area (Å²) in [6.07, 6.45) is 0.438. The number of carbonyl (C=O) groups is 1. The highest BCUT2D eigenvalue weighted by molar-refractivity contribution is 7.89. The van der Waals surface area contributed by atoms with E-state index in [1.54, 1.807) is 25.2 Å². The summed E-state index contributed by atoms with van der Waals surface area (Å²) in [7, 11) is -3.60. The van der Waals surface area contributed by atoms with Crippen molar-refractivity contribution in [1.82, 2.24) is 14.3 Å². The normalized spacial score (nSPS) is 19.5. The third-order valence-electron chi connectivity index (χ3n) is 5.62. The van der Waals surface area contributed by atoms with Gasteiger partial charge in [0.25, 0.3) is 0 Å². The number of nitrogens with one attached hydrogen (secondary N) is 1. The van der Waals surface area contributed by atoms with E-state index < -0.39 is 21.3 Å². The van der Waals surface area contributed by atoms with E-state index >= 15 is 0 Å². The van der Waals surface area contributed by atoms with Gasteiger partial charge >= 0.3 is 0 Å². The quantitative estimate of drug-likeness (QED) is 0.552. The number of aromatic nitrogens is 2. The second kappa shape index (κ2) is 9.01. The van der Waals surface area contributed by atoms with Crippen molar-refractivity contribution in [1.29, 1.82) is 0 Å². The molecule has 1 saturated heterocycles. The Morgan fingerprint density at radius 3 is 2.53 bits per heavy atom. The highest BCUT2D eigenvalue weighted by atomic mass is 32.2. The largest absolute Gasteiger partial charge is 0.301 e. The summed E-state index contributed by atoms with van der Waals surface area (Å²) in [5.41, 5.74) is 2.72. The fraction of sp³-hybridized carbons (Fsp3) is 0.409. The van der Waals surface area contributed by atoms with Crippen molar-refractivity contribution in [3.05, 3.63) is 52.0 Å². The minimum atomic E-state index is -3.60. The number of amides is 1. The van der Waals surface area contributed by atoms with Gasteiger partial charge in [0, 0.05) is 11.9 Å². The van der Waals surface area contributed by atoms with Crippen LogP contribution >= 0.6 is 22.7 Å². The van der Waals surface area contributed by atoms with Crippen LogP contribution in [0.4, 0.5) is 5.13 Å². The summed E-state index contributed by atoms with van der Waals surface area (Å²) in [5.74, 6) is -0.374. The SMILES string of the molecule is Cc1nc(C)c(-c2csc(NC(=O)[C@@H]3C[C@@H](c4ccccc4)CN3S(=O)(=O)C(C)C)n2)s1. The summed E-state index contributed by atoms with van der Waals surface area (Å²) < 4.78 is 27.4. The average Bonchev–Trinajstić information content (AvgIpc) is 3.47. The molecule has 0 spiro atoms. The van der Waals surface area contributed by atoms with Gasteiger partial charge in [-0.2, -0.15) is 4.31 Å². The van der Waals surface area contributed by atoms with Crippen LogP contribution in [0.3, 0.4) is 0 Å². The van der Waals surface area contributed by atoms with Crippen molar-refractivity contribution in [2.45, 2.75) is 51.3 Å². The molecule has 1 aliphatic rings. The molecule has 32 heavy (non-hydrogen) atoms. The van der Waals surface area contributed by atoms with E-state index in [1.165, 1.54) is 15.6 Å². The summed E-state index contributed by atoms with van der Waals surface area (Å²) in [5, 5.41) is 5.57. The van der Waals surface area contributed by atoms with Crippen LogP contribution in [0.25, 0.3) is 10.6 Å². The van der Waals surface area contributed by atoms with Gasteiger partial charge < -0.3 is 5.32 Å². The van der Waals surface area contributed by atoms with Crippen molar-refractivity contribution >= 4 is 43.7 Å². The molecule has 0 unspecified atom stereocenters. The molecule has 0 aliphatic carbocycles. The van der Waals surface area contributed by atoms with Gasteiger partial charge in [-0.05, 0) is 45.6 Å². The maximum atomic E-state index is 13.2. The molecule has 1 fully saturated rings. The number of sulfonamides is 1. The predicted molar refractivity (Wildman–Crippen MR) is 130 cm³/mol. The van der Waals surface area contributed by atoms with Crippen LogP contribution in [0.15, 0.2) is 35.7 Å². The van der Waals surface area contributed by atoms with Gasteiger partial charge in [0.2, 0.25) is 15.9 Å². The second-order valence-corrected chi connectivity index (χ2v) is 12.7. The van der Waals surface area contributed by atoms with Gasteiger partial charge in [0.1, 0.15) is 6.04 Å². The van der Waals surface area contributed by atoms with Gasteiger partial charge in [-0.1, -0.05) is 30.3 Å². The van der Waals surface area contributed by atoms with Crippen LogP contribution in [0.1, 0.15) is 42.5 Å². The lowest BCUT2D eigenvalue weighted by atomic mass is 9.96. The Labute approximate surface area is 196 Å². The zero-order valence-electron chi connectivity index (χ0n) is 18.4. The number of anilines is 1. The smallest absolute Gasteiger partial charge is 0.244 e. The lowest BCUT2D eigenvalue weighted by Gasteiger charge is -2.24. The third-order valence-corrected chi connectivity index (χ3v) is 9.72. The number of aryl methyl sites for hydroxylation is 2. The van der Waals surface area contributed by atoms with Gasteiger partial charge in [-0.15, -0.1) is 22.7 Å². The molecule has 2 aromatic heterocycles. The number of carbonyl (C=O) groups excluding carboxylic acids is 1. The molecular formula is C22H26N4O3S3. The zero-order chi connectivity index (χ0) is 23.0. The molecule has 2 atom stereocenters. The number of nitrogens with zero attached hydrogens (tertiary/aromatic N) is 3. The number of thiazole rings is 2. The highest BCUT2D eigenvalue weighted by Crippen LogP contribution is 2.36. The Morgan fingerprint density at radius 2 is 1.91 bits per heavy atom. The van der Waals surface area contributed by atoms with Crippen molar-refractivity contribution in [3.8, 4) is 10.6 Å². The van der Waals surface area contributed by atoms with E-state index in [0.717, 1.165) is 26.8 Å². The van der Waals surface area contributed by atoms with Crippen LogP contribution in [-0.4, -0.2) is 46.4 Å². The summed E-state index contributed by atoms with van der Waals surface area (Å²) in [4.78, 5) is 23.2. The number of rotatable bonds is 6. The summed E-state index contributed by atoms with van der Waals surface area (Å²) in [6.45, 7) is 7.47. The molecule has 3 aromatic rings. The van der Waals surface area contributed by atoms with Crippen molar-refractivity contribution in [2.24, 2.45) is 0 Å². The second-order valence-electron chi connectivity index (χ2n) is 8.20. The lowest BCUT2D eigenvalue weighted by Crippen LogP contribution is -2.45. The number of hydrogen-bond donors (Lipinski definition) is 1. The Balaban J connectivity index is 1.57. The minimum Gasteiger partial charge on any atom is -0.301 e. The molecular weight excluding hydrogens is 464 g/mol. The molecule has 0 bridgehead atoms. The van der Waals surface area contributed by atoms with Crippen molar-refractivity contribution in [2.75, 3.05) is 11.9 Å². The molecule has 1 amide bonds. The number of benzene rings is 1. The molecule has 3 heterocycles. The van der Waals surface area contributed by atoms with E-state index in [-0.39, 0.29) is 11.8 Å². The molecule has 0 saturated carbocycles. The van der Waals surface area contributed by atoms with Gasteiger partial charge in [-0.3, -0.25) is 4.79 Å². The first-order valence-electron chi connectivity index (χ1n) is 10.4. The molecule has 1 aliphatic heterocycles. The predicted octanol–water partition coefficient (Wildman–Crippen LogP) is 4.42. The number of hydrogen-bond acceptors (Lipinski definition) is 7. The Hall–Kier alpha value is -2.14. The lowest BCUT2D eigenvalue weighted by molar-refractivity contribution is -0.119. The van der Waals surface area contributed by atoms with Gasteiger partial charge in [0.05, 0.1) is 26.5 Å². The molecule has 1 N–H and O–H groups in total. The molecule has 1 aromatic carbocycles. The average molecular weight is 491 g/mol. The Morgan fingerprint density at radius 1 is 1.19 bits per heavy atom. The zero-order valence-corrected chi connectivity index (χ0v) is 20.9. The summed E-state index contributed by atoms with van der Waals surface area (Å²) >= 11 is 2.89. The fourth-order valence-corrected chi connectivity index (χ4v) is 7.08. The van der Waals surface area contributed by atoms with Crippen molar-refractivity contribution in [3.63, 3.8) is 0 Å². The molecule has 170 valence electrons. The van der Waals surface area contributed by atoms with Crippen LogP contribution in [0, 0.1) is 13.8 Å². The minimum absolute atomic E-state index is 0.0323. The van der Waals surface area contributed by atoms with E-state index in [2.05, 4.69) is 15.3 Å². The van der Waals surface area contributed by atoms with E-state index in [9.17, 15) is 13.2 Å². The molecule has 10 heteroatoms. The summed E-state index contributed by atoms with van der Waals surface area (Å²) in [6, 6.07) is 8.99. The monoisotopic (exact) mass is 490 g/mol. The molecule has 0 radical (unpaired) electrons. The molecule has 7 nitrogen and oxygen atoms in total. The van der Waals surface area contributed by atoms with Crippen molar-refractivity contribution < 1.29 is 13.2 Å². The van der Waals surface area contributed by atoms with E-state index in [0.29, 0.717) is 18.1 Å². The van der Waals surface area contributed by atoms with Gasteiger partial charge in [-0.25, -0.2) is 18.4 Å². The molecule has 4 rings (SSSR count). The first-order valence-corrected chi connectivity index (χ1v) is 13.6. The maximum Gasteiger partial charge on any atom is 0.244 e. The van der Waals surface area contributed by atoms with E-state index in [4.69, 9.17) is 0 Å². The van der Waals surface area contributed by atoms with Crippen LogP contribution < -0.4 is 5.32 Å². The van der Waals surface area contributed by atoms with E-state index in [1.807, 2.05) is 49.6 Å². The van der Waals surface area contributed by atoms with Gasteiger partial charge in [0.15, 0.2) is 5.13 Å². The fourth-order valence-electron chi connectivity index (χ4n) is 3.96. The third kappa shape index (κ3) is 4.50. The Bertz CT molecular complexity index is 1220. The topological polar surface area (TPSA) is 92.3 Å². The van der Waals surface area contributed by atoms with Crippen LogP contribution in [0.5, 0.6) is 0 Å². The maximum absolute atomic E-state index is 13.2. The first kappa shape index (κ1) is 23.0.